The molecule has 3 aromatic heterocycles. The third kappa shape index (κ3) is 2.20. The zero-order chi connectivity index (χ0) is 16.0. The highest BCUT2D eigenvalue weighted by Gasteiger charge is 2.34. The van der Waals surface area contributed by atoms with Crippen LogP contribution in [-0.2, 0) is 0 Å². The number of carbonyl (C=O) groups is 1. The van der Waals surface area contributed by atoms with Crippen LogP contribution in [0.2, 0.25) is 0 Å². The fourth-order valence-electron chi connectivity index (χ4n) is 2.63. The van der Waals surface area contributed by atoms with Gasteiger partial charge >= 0.3 is 0 Å². The van der Waals surface area contributed by atoms with E-state index in [0.717, 1.165) is 18.9 Å². The van der Waals surface area contributed by atoms with E-state index in [0.29, 0.717) is 17.0 Å². The second-order valence-corrected chi connectivity index (χ2v) is 5.60. The van der Waals surface area contributed by atoms with Gasteiger partial charge in [0.2, 0.25) is 0 Å². The van der Waals surface area contributed by atoms with Gasteiger partial charge in [0, 0.05) is 20.1 Å². The molecule has 9 nitrogen and oxygen atoms in total. The van der Waals surface area contributed by atoms with Gasteiger partial charge in [-0.1, -0.05) is 5.16 Å². The Morgan fingerprint density at radius 1 is 1.39 bits per heavy atom. The number of aryl methyl sites for hydroxylation is 1. The number of amides is 1. The largest absolute Gasteiger partial charge is 0.361 e. The van der Waals surface area contributed by atoms with E-state index >= 15 is 0 Å². The molecule has 1 amide bonds. The van der Waals surface area contributed by atoms with Gasteiger partial charge in [-0.25, -0.2) is 0 Å². The highest BCUT2D eigenvalue weighted by Crippen LogP contribution is 2.22. The van der Waals surface area contributed by atoms with E-state index in [4.69, 9.17) is 4.52 Å². The minimum absolute atomic E-state index is 0.0735. The fourth-order valence-corrected chi connectivity index (χ4v) is 2.63. The third-order valence-corrected chi connectivity index (χ3v) is 4.18. The SMILES string of the molecule is Cc1oncc1C(=O)N(C)C1CN(c2ccc3nncn3n2)C1. The van der Waals surface area contributed by atoms with Crippen LogP contribution in [0, 0.1) is 6.92 Å². The monoisotopic (exact) mass is 313 g/mol. The van der Waals surface area contributed by atoms with Crippen LogP contribution < -0.4 is 4.90 Å². The van der Waals surface area contributed by atoms with Gasteiger partial charge in [0.25, 0.3) is 5.91 Å². The van der Waals surface area contributed by atoms with Crippen molar-refractivity contribution in [2.45, 2.75) is 13.0 Å². The van der Waals surface area contributed by atoms with Crippen LogP contribution in [0.3, 0.4) is 0 Å². The Labute approximate surface area is 131 Å². The number of aromatic nitrogens is 5. The van der Waals surface area contributed by atoms with E-state index in [-0.39, 0.29) is 11.9 Å². The standard InChI is InChI=1S/C14H15N7O2/c1-9-11(5-16-23-9)14(22)19(2)10-6-20(7-10)13-4-3-12-17-15-8-21(12)18-13/h3-5,8,10H,6-7H2,1-2H3. The molecule has 0 aromatic carbocycles. The minimum atomic E-state index is -0.0735. The first kappa shape index (κ1) is 13.7. The molecule has 3 aromatic rings. The minimum Gasteiger partial charge on any atom is -0.361 e. The van der Waals surface area contributed by atoms with Crippen molar-refractivity contribution in [2.24, 2.45) is 0 Å². The number of fused-ring (bicyclic) bond motifs is 1. The van der Waals surface area contributed by atoms with Crippen LogP contribution in [0.5, 0.6) is 0 Å². The van der Waals surface area contributed by atoms with Gasteiger partial charge in [-0.3, -0.25) is 4.79 Å². The zero-order valence-corrected chi connectivity index (χ0v) is 12.7. The topological polar surface area (TPSA) is 92.7 Å². The van der Waals surface area contributed by atoms with Gasteiger partial charge in [0.05, 0.1) is 12.2 Å². The molecule has 0 spiro atoms. The van der Waals surface area contributed by atoms with Crippen LogP contribution in [0.1, 0.15) is 16.1 Å². The lowest BCUT2D eigenvalue weighted by Crippen LogP contribution is -2.60. The molecule has 1 aliphatic rings. The number of hydrogen-bond acceptors (Lipinski definition) is 7. The first-order chi connectivity index (χ1) is 11.1. The van der Waals surface area contributed by atoms with Crippen molar-refractivity contribution in [3.63, 3.8) is 0 Å². The molecule has 0 atom stereocenters. The Bertz CT molecular complexity index is 865. The van der Waals surface area contributed by atoms with Crippen molar-refractivity contribution in [1.29, 1.82) is 0 Å². The molecule has 4 rings (SSSR count). The Morgan fingerprint density at radius 3 is 2.96 bits per heavy atom. The molecule has 1 aliphatic heterocycles. The Kier molecular flexibility index (Phi) is 3.00. The number of nitrogens with zero attached hydrogens (tertiary/aromatic N) is 7. The molecule has 23 heavy (non-hydrogen) atoms. The molecule has 0 saturated carbocycles. The number of hydrogen-bond donors (Lipinski definition) is 0. The number of anilines is 1. The molecular weight excluding hydrogens is 298 g/mol. The molecule has 1 fully saturated rings. The van der Waals surface area contributed by atoms with Gasteiger partial charge in [0.1, 0.15) is 23.5 Å². The molecular formula is C14H15N7O2. The summed E-state index contributed by atoms with van der Waals surface area (Å²) in [5.74, 6) is 1.31. The van der Waals surface area contributed by atoms with Crippen molar-refractivity contribution < 1.29 is 9.32 Å². The lowest BCUT2D eigenvalue weighted by molar-refractivity contribution is 0.0703. The molecule has 0 radical (unpaired) electrons. The van der Waals surface area contributed by atoms with Crippen LogP contribution in [0.25, 0.3) is 5.65 Å². The fraction of sp³-hybridized carbons (Fsp3) is 0.357. The highest BCUT2D eigenvalue weighted by molar-refractivity contribution is 5.95. The van der Waals surface area contributed by atoms with Gasteiger partial charge in [-0.05, 0) is 19.1 Å². The summed E-state index contributed by atoms with van der Waals surface area (Å²) in [6.45, 7) is 3.19. The summed E-state index contributed by atoms with van der Waals surface area (Å²) < 4.78 is 6.60. The van der Waals surface area contributed by atoms with E-state index in [1.54, 1.807) is 29.7 Å². The quantitative estimate of drug-likeness (QED) is 0.690. The van der Waals surface area contributed by atoms with E-state index in [1.807, 2.05) is 12.1 Å². The summed E-state index contributed by atoms with van der Waals surface area (Å²) in [6, 6.07) is 3.92. The van der Waals surface area contributed by atoms with Crippen LogP contribution >= 0.6 is 0 Å². The summed E-state index contributed by atoms with van der Waals surface area (Å²) in [6.07, 6.45) is 3.03. The maximum Gasteiger partial charge on any atom is 0.259 e. The smallest absolute Gasteiger partial charge is 0.259 e. The van der Waals surface area contributed by atoms with Gasteiger partial charge < -0.3 is 14.3 Å². The first-order valence-corrected chi connectivity index (χ1v) is 7.24. The van der Waals surface area contributed by atoms with Crippen LogP contribution in [0.15, 0.2) is 29.2 Å². The van der Waals surface area contributed by atoms with E-state index in [2.05, 4.69) is 25.4 Å². The van der Waals surface area contributed by atoms with E-state index < -0.39 is 0 Å². The van der Waals surface area contributed by atoms with E-state index in [9.17, 15) is 4.79 Å². The van der Waals surface area contributed by atoms with Crippen molar-refractivity contribution in [2.75, 3.05) is 25.0 Å². The predicted molar refractivity (Wildman–Crippen MR) is 80.1 cm³/mol. The summed E-state index contributed by atoms with van der Waals surface area (Å²) in [7, 11) is 1.80. The number of rotatable bonds is 3. The van der Waals surface area contributed by atoms with Crippen molar-refractivity contribution >= 4 is 17.4 Å². The van der Waals surface area contributed by atoms with Crippen LogP contribution in [-0.4, -0.2) is 62.0 Å². The predicted octanol–water partition coefficient (Wildman–Crippen LogP) is 0.382. The lowest BCUT2D eigenvalue weighted by atomic mass is 10.1. The van der Waals surface area contributed by atoms with Crippen LogP contribution in [0.4, 0.5) is 5.82 Å². The maximum atomic E-state index is 12.4. The van der Waals surface area contributed by atoms with Crippen molar-refractivity contribution in [1.82, 2.24) is 29.9 Å². The molecule has 4 heterocycles. The molecule has 9 heteroatoms. The molecule has 0 unspecified atom stereocenters. The molecule has 0 bridgehead atoms. The van der Waals surface area contributed by atoms with E-state index in [1.165, 1.54) is 6.20 Å². The third-order valence-electron chi connectivity index (χ3n) is 4.18. The Hall–Kier alpha value is -2.97. The molecule has 118 valence electrons. The number of likely N-dealkylation sites (N-methyl/N-ethyl adjacent to an activating group) is 1. The summed E-state index contributed by atoms with van der Waals surface area (Å²) in [5.41, 5.74) is 1.22. The molecule has 0 N–H and O–H groups in total. The average molecular weight is 313 g/mol. The summed E-state index contributed by atoms with van der Waals surface area (Å²) in [4.78, 5) is 16.3. The number of carbonyl (C=O) groups excluding carboxylic acids is 1. The van der Waals surface area contributed by atoms with Gasteiger partial charge in [-0.15, -0.1) is 15.3 Å². The lowest BCUT2D eigenvalue weighted by Gasteiger charge is -2.44. The molecule has 0 aliphatic carbocycles. The normalized spacial score (nSPS) is 15.0. The molecule has 1 saturated heterocycles. The first-order valence-electron chi connectivity index (χ1n) is 7.24. The highest BCUT2D eigenvalue weighted by atomic mass is 16.5. The second-order valence-electron chi connectivity index (χ2n) is 5.60. The summed E-state index contributed by atoms with van der Waals surface area (Å²) in [5, 5.41) is 15.8. The maximum absolute atomic E-state index is 12.4. The summed E-state index contributed by atoms with van der Waals surface area (Å²) >= 11 is 0. The van der Waals surface area contributed by atoms with Gasteiger partial charge in [-0.2, -0.15) is 4.52 Å². The average Bonchev–Trinajstić information content (AvgIpc) is 3.12. The zero-order valence-electron chi connectivity index (χ0n) is 12.7. The van der Waals surface area contributed by atoms with Crippen molar-refractivity contribution in [3.05, 3.63) is 36.0 Å². The second kappa shape index (κ2) is 5.04. The van der Waals surface area contributed by atoms with Gasteiger partial charge in [0.15, 0.2) is 5.65 Å². The van der Waals surface area contributed by atoms with Crippen molar-refractivity contribution in [3.8, 4) is 0 Å². The Morgan fingerprint density at radius 2 is 2.22 bits per heavy atom. The Balaban J connectivity index is 1.44.